The van der Waals surface area contributed by atoms with Crippen LogP contribution in [0.5, 0.6) is 5.75 Å². The Bertz CT molecular complexity index is 1150. The number of benzene rings is 2. The number of fused-ring (bicyclic) bond motifs is 1. The molecule has 3 rings (SSSR count). The lowest BCUT2D eigenvalue weighted by Crippen LogP contribution is -2.40. The van der Waals surface area contributed by atoms with Crippen LogP contribution in [0.3, 0.4) is 0 Å². The molecular formula is C26H27FN2O6. The summed E-state index contributed by atoms with van der Waals surface area (Å²) in [6.45, 7) is 6.16. The summed E-state index contributed by atoms with van der Waals surface area (Å²) in [4.78, 5) is 50.6. The Morgan fingerprint density at radius 1 is 0.971 bits per heavy atom. The second-order valence-corrected chi connectivity index (χ2v) is 8.90. The van der Waals surface area contributed by atoms with Gasteiger partial charge < -0.3 is 14.8 Å². The number of carbonyl (C=O) groups excluding carboxylic acids is 4. The fourth-order valence-electron chi connectivity index (χ4n) is 3.38. The van der Waals surface area contributed by atoms with E-state index in [-0.39, 0.29) is 29.2 Å². The second-order valence-electron chi connectivity index (χ2n) is 8.90. The summed E-state index contributed by atoms with van der Waals surface area (Å²) in [6.07, 6.45) is 0. The predicted octanol–water partition coefficient (Wildman–Crippen LogP) is 3.68. The zero-order valence-corrected chi connectivity index (χ0v) is 20.0. The van der Waals surface area contributed by atoms with E-state index in [4.69, 9.17) is 9.47 Å². The molecule has 2 aromatic carbocycles. The van der Waals surface area contributed by atoms with E-state index in [1.54, 1.807) is 24.3 Å². The van der Waals surface area contributed by atoms with E-state index in [9.17, 15) is 23.6 Å². The number of rotatable bonds is 8. The van der Waals surface area contributed by atoms with Crippen molar-refractivity contribution in [3.05, 3.63) is 76.6 Å². The lowest BCUT2D eigenvalue weighted by atomic mass is 10.1. The average Bonchev–Trinajstić information content (AvgIpc) is 3.05. The van der Waals surface area contributed by atoms with Crippen molar-refractivity contribution in [2.24, 2.45) is 0 Å². The standard InChI is InChI=1S/C26H27FN2O6/c1-5-34-25(33)21(27)17(14-29-23(31)19-8-6-7-9-20(19)24(29)32)15-35-18-12-10-16(11-13-18)22(30)28-26(2,3)4/h6-13H,5,14-15H2,1-4H3,(H,28,30)/b21-17+. The van der Waals surface area contributed by atoms with Gasteiger partial charge in [-0.15, -0.1) is 0 Å². The Morgan fingerprint density at radius 2 is 1.54 bits per heavy atom. The van der Waals surface area contributed by atoms with E-state index in [2.05, 4.69) is 5.32 Å². The third-order valence-corrected chi connectivity index (χ3v) is 5.01. The molecule has 3 amide bonds. The molecule has 1 aliphatic rings. The van der Waals surface area contributed by atoms with E-state index in [1.807, 2.05) is 20.8 Å². The van der Waals surface area contributed by atoms with Crippen LogP contribution in [0.2, 0.25) is 0 Å². The Morgan fingerprint density at radius 3 is 2.06 bits per heavy atom. The van der Waals surface area contributed by atoms with Gasteiger partial charge in [-0.3, -0.25) is 19.3 Å². The van der Waals surface area contributed by atoms with Crippen molar-refractivity contribution in [1.29, 1.82) is 0 Å². The fraction of sp³-hybridized carbons (Fsp3) is 0.308. The summed E-state index contributed by atoms with van der Waals surface area (Å²) >= 11 is 0. The van der Waals surface area contributed by atoms with Crippen LogP contribution in [-0.4, -0.2) is 53.9 Å². The van der Waals surface area contributed by atoms with Crippen LogP contribution in [-0.2, 0) is 9.53 Å². The van der Waals surface area contributed by atoms with E-state index in [0.717, 1.165) is 4.90 Å². The molecule has 0 aromatic heterocycles. The molecule has 0 unspecified atom stereocenters. The van der Waals surface area contributed by atoms with E-state index < -0.39 is 42.3 Å². The minimum atomic E-state index is -1.23. The Hall–Kier alpha value is -4.01. The highest BCUT2D eigenvalue weighted by Gasteiger charge is 2.36. The van der Waals surface area contributed by atoms with Crippen LogP contribution in [0, 0.1) is 0 Å². The number of hydrogen-bond donors (Lipinski definition) is 1. The van der Waals surface area contributed by atoms with Crippen LogP contribution in [0.4, 0.5) is 4.39 Å². The number of esters is 1. The van der Waals surface area contributed by atoms with E-state index in [0.29, 0.717) is 11.3 Å². The number of ether oxygens (including phenoxy) is 2. The first-order valence-electron chi connectivity index (χ1n) is 11.1. The summed E-state index contributed by atoms with van der Waals surface area (Å²) in [6, 6.07) is 12.4. The van der Waals surface area contributed by atoms with Gasteiger partial charge in [0.15, 0.2) is 0 Å². The third-order valence-electron chi connectivity index (χ3n) is 5.01. The van der Waals surface area contributed by atoms with Crippen molar-refractivity contribution < 1.29 is 33.0 Å². The highest BCUT2D eigenvalue weighted by Crippen LogP contribution is 2.25. The number of imide groups is 1. The largest absolute Gasteiger partial charge is 0.489 e. The molecule has 35 heavy (non-hydrogen) atoms. The van der Waals surface area contributed by atoms with Crippen molar-refractivity contribution in [2.45, 2.75) is 33.2 Å². The molecular weight excluding hydrogens is 455 g/mol. The molecule has 1 aliphatic heterocycles. The second kappa shape index (κ2) is 10.5. The molecule has 2 aromatic rings. The number of nitrogens with one attached hydrogen (secondary N) is 1. The Kier molecular flexibility index (Phi) is 7.68. The predicted molar refractivity (Wildman–Crippen MR) is 126 cm³/mol. The Labute approximate surface area is 202 Å². The maximum absolute atomic E-state index is 14.9. The van der Waals surface area contributed by atoms with Gasteiger partial charge in [-0.2, -0.15) is 4.39 Å². The van der Waals surface area contributed by atoms with Gasteiger partial charge in [0.1, 0.15) is 12.4 Å². The van der Waals surface area contributed by atoms with Gasteiger partial charge in [-0.05, 0) is 64.1 Å². The SMILES string of the molecule is CCOC(=O)/C(F)=C(\COc1ccc(C(=O)NC(C)(C)C)cc1)CN1C(=O)c2ccccc2C1=O. The molecule has 0 bridgehead atoms. The number of nitrogens with zero attached hydrogens (tertiary/aromatic N) is 1. The van der Waals surface area contributed by atoms with Crippen molar-refractivity contribution in [1.82, 2.24) is 10.2 Å². The zero-order valence-electron chi connectivity index (χ0n) is 20.0. The van der Waals surface area contributed by atoms with Gasteiger partial charge in [0.25, 0.3) is 17.7 Å². The quantitative estimate of drug-likeness (QED) is 0.350. The molecule has 0 radical (unpaired) electrons. The lowest BCUT2D eigenvalue weighted by molar-refractivity contribution is -0.140. The number of amides is 3. The van der Waals surface area contributed by atoms with Gasteiger partial charge in [0.05, 0.1) is 24.3 Å². The van der Waals surface area contributed by atoms with Gasteiger partial charge >= 0.3 is 5.97 Å². The molecule has 184 valence electrons. The summed E-state index contributed by atoms with van der Waals surface area (Å²) < 4.78 is 25.3. The van der Waals surface area contributed by atoms with Crippen LogP contribution < -0.4 is 10.1 Å². The first-order valence-corrected chi connectivity index (χ1v) is 11.1. The third kappa shape index (κ3) is 6.11. The molecule has 8 nitrogen and oxygen atoms in total. The minimum absolute atomic E-state index is 0.0501. The van der Waals surface area contributed by atoms with Crippen LogP contribution >= 0.6 is 0 Å². The van der Waals surface area contributed by atoms with Crippen molar-refractivity contribution in [3.63, 3.8) is 0 Å². The summed E-state index contributed by atoms with van der Waals surface area (Å²) in [5.74, 6) is -3.58. The maximum atomic E-state index is 14.9. The maximum Gasteiger partial charge on any atom is 0.367 e. The van der Waals surface area contributed by atoms with Crippen LogP contribution in [0.25, 0.3) is 0 Å². The fourth-order valence-corrected chi connectivity index (χ4v) is 3.38. The van der Waals surface area contributed by atoms with Crippen molar-refractivity contribution in [3.8, 4) is 5.75 Å². The highest BCUT2D eigenvalue weighted by molar-refractivity contribution is 6.21. The minimum Gasteiger partial charge on any atom is -0.489 e. The molecule has 0 atom stereocenters. The molecule has 1 heterocycles. The molecule has 0 aliphatic carbocycles. The van der Waals surface area contributed by atoms with Crippen LogP contribution in [0.1, 0.15) is 58.8 Å². The molecule has 0 saturated carbocycles. The average molecular weight is 483 g/mol. The summed E-state index contributed by atoms with van der Waals surface area (Å²) in [5.41, 5.74) is 0.192. The first kappa shape index (κ1) is 25.6. The number of hydrogen-bond acceptors (Lipinski definition) is 6. The normalized spacial score (nSPS) is 13.8. The monoisotopic (exact) mass is 482 g/mol. The van der Waals surface area contributed by atoms with Gasteiger partial charge in [0.2, 0.25) is 5.83 Å². The van der Waals surface area contributed by atoms with E-state index >= 15 is 0 Å². The summed E-state index contributed by atoms with van der Waals surface area (Å²) in [5, 5.41) is 2.84. The van der Waals surface area contributed by atoms with Gasteiger partial charge in [0, 0.05) is 16.7 Å². The van der Waals surface area contributed by atoms with Crippen molar-refractivity contribution in [2.75, 3.05) is 19.8 Å². The number of halogens is 1. The molecule has 0 fully saturated rings. The van der Waals surface area contributed by atoms with Crippen molar-refractivity contribution >= 4 is 23.7 Å². The topological polar surface area (TPSA) is 102 Å². The summed E-state index contributed by atoms with van der Waals surface area (Å²) in [7, 11) is 0. The number of carbonyl (C=O) groups is 4. The van der Waals surface area contributed by atoms with Gasteiger partial charge in [-0.25, -0.2) is 4.79 Å². The molecule has 1 N–H and O–H groups in total. The molecule has 9 heteroatoms. The van der Waals surface area contributed by atoms with E-state index in [1.165, 1.54) is 31.2 Å². The lowest BCUT2D eigenvalue weighted by Gasteiger charge is -2.20. The first-order chi connectivity index (χ1) is 16.5. The molecule has 0 spiro atoms. The van der Waals surface area contributed by atoms with Crippen LogP contribution in [0.15, 0.2) is 59.9 Å². The van der Waals surface area contributed by atoms with Gasteiger partial charge in [-0.1, -0.05) is 12.1 Å². The zero-order chi connectivity index (χ0) is 25.8. The highest BCUT2D eigenvalue weighted by atomic mass is 19.1. The smallest absolute Gasteiger partial charge is 0.367 e. The molecule has 0 saturated heterocycles. The Balaban J connectivity index is 1.78.